The topological polar surface area (TPSA) is 35.5 Å². The summed E-state index contributed by atoms with van der Waals surface area (Å²) in [6, 6.07) is 9.02. The number of benzene rings is 1. The highest BCUT2D eigenvalue weighted by Crippen LogP contribution is 2.33. The number of anilines is 1. The van der Waals surface area contributed by atoms with Crippen LogP contribution in [0.5, 0.6) is 0 Å². The van der Waals surface area contributed by atoms with Crippen LogP contribution in [-0.2, 0) is 0 Å². The van der Waals surface area contributed by atoms with Crippen LogP contribution in [0, 0.1) is 0 Å². The first-order valence-corrected chi connectivity index (χ1v) is 7.87. The van der Waals surface area contributed by atoms with Crippen molar-refractivity contribution in [2.45, 2.75) is 51.7 Å². The van der Waals surface area contributed by atoms with Crippen LogP contribution in [0.4, 0.5) is 5.69 Å². The summed E-state index contributed by atoms with van der Waals surface area (Å²) in [5.74, 6) is 0. The molecule has 2 atom stereocenters. The Hall–Kier alpha value is -1.06. The summed E-state index contributed by atoms with van der Waals surface area (Å²) >= 11 is 0. The Morgan fingerprint density at radius 3 is 2.70 bits per heavy atom. The average molecular weight is 276 g/mol. The molecule has 1 aliphatic heterocycles. The fourth-order valence-electron chi connectivity index (χ4n) is 3.01. The second-order valence-electron chi connectivity index (χ2n) is 6.14. The van der Waals surface area contributed by atoms with Crippen LogP contribution in [0.3, 0.4) is 0 Å². The molecular weight excluding hydrogens is 248 g/mol. The molecule has 1 aliphatic rings. The maximum absolute atomic E-state index is 10.2. The number of rotatable bonds is 6. The van der Waals surface area contributed by atoms with Gasteiger partial charge in [0.05, 0.1) is 5.60 Å². The van der Waals surface area contributed by atoms with E-state index in [0.29, 0.717) is 6.04 Å². The minimum absolute atomic E-state index is 0.400. The first-order chi connectivity index (χ1) is 9.57. The second kappa shape index (κ2) is 6.59. The zero-order valence-corrected chi connectivity index (χ0v) is 13.0. The van der Waals surface area contributed by atoms with Gasteiger partial charge >= 0.3 is 0 Å². The number of nitrogens with one attached hydrogen (secondary N) is 1. The van der Waals surface area contributed by atoms with E-state index in [1.807, 2.05) is 6.92 Å². The Morgan fingerprint density at radius 1 is 1.35 bits per heavy atom. The molecule has 0 aromatic heterocycles. The molecule has 1 heterocycles. The van der Waals surface area contributed by atoms with Crippen molar-refractivity contribution in [1.82, 2.24) is 5.32 Å². The van der Waals surface area contributed by atoms with Crippen molar-refractivity contribution in [3.8, 4) is 0 Å². The molecule has 2 N–H and O–H groups in total. The van der Waals surface area contributed by atoms with Crippen molar-refractivity contribution in [3.05, 3.63) is 29.8 Å². The lowest BCUT2D eigenvalue weighted by atomic mass is 10.0. The van der Waals surface area contributed by atoms with Gasteiger partial charge in [-0.05, 0) is 44.4 Å². The lowest BCUT2D eigenvalue weighted by molar-refractivity contribution is 0.0839. The van der Waals surface area contributed by atoms with E-state index in [-0.39, 0.29) is 0 Å². The molecule has 0 spiro atoms. The Bertz CT molecular complexity index is 431. The van der Waals surface area contributed by atoms with Gasteiger partial charge in [0.2, 0.25) is 0 Å². The van der Waals surface area contributed by atoms with E-state index in [1.54, 1.807) is 0 Å². The van der Waals surface area contributed by atoms with Crippen molar-refractivity contribution >= 4 is 5.69 Å². The first-order valence-electron chi connectivity index (χ1n) is 7.87. The number of nitrogens with zero attached hydrogens (tertiary/aromatic N) is 1. The van der Waals surface area contributed by atoms with Gasteiger partial charge in [-0.15, -0.1) is 0 Å². The molecule has 1 aromatic rings. The number of aliphatic hydroxyl groups is 1. The molecule has 2 unspecified atom stereocenters. The molecule has 20 heavy (non-hydrogen) atoms. The predicted molar refractivity (Wildman–Crippen MR) is 85.2 cm³/mol. The molecule has 0 radical (unpaired) electrons. The lowest BCUT2D eigenvalue weighted by Gasteiger charge is -2.27. The summed E-state index contributed by atoms with van der Waals surface area (Å²) < 4.78 is 0. The Morgan fingerprint density at radius 2 is 2.10 bits per heavy atom. The molecule has 3 nitrogen and oxygen atoms in total. The van der Waals surface area contributed by atoms with Crippen molar-refractivity contribution in [3.63, 3.8) is 0 Å². The van der Waals surface area contributed by atoms with Gasteiger partial charge in [0.25, 0.3) is 0 Å². The highest BCUT2D eigenvalue weighted by molar-refractivity contribution is 5.56. The van der Waals surface area contributed by atoms with Gasteiger partial charge in [0.1, 0.15) is 0 Å². The standard InChI is InChI=1S/C17H28N2O/c1-4-11-18-15(5-2)14-8-6-7-9-16(14)19-12-10-17(3,20)13-19/h6-9,15,18,20H,4-5,10-13H2,1-3H3. The fraction of sp³-hybridized carbons (Fsp3) is 0.647. The summed E-state index contributed by atoms with van der Waals surface area (Å²) in [5.41, 5.74) is 2.09. The van der Waals surface area contributed by atoms with Crippen molar-refractivity contribution in [1.29, 1.82) is 0 Å². The Labute approximate surface area is 123 Å². The van der Waals surface area contributed by atoms with Gasteiger partial charge in [0, 0.05) is 24.8 Å². The highest BCUT2D eigenvalue weighted by Gasteiger charge is 2.32. The predicted octanol–water partition coefficient (Wildman–Crippen LogP) is 3.10. The van der Waals surface area contributed by atoms with Gasteiger partial charge < -0.3 is 15.3 Å². The van der Waals surface area contributed by atoms with Crippen LogP contribution in [0.25, 0.3) is 0 Å². The summed E-state index contributed by atoms with van der Waals surface area (Å²) in [5, 5.41) is 13.8. The fourth-order valence-corrected chi connectivity index (χ4v) is 3.01. The molecule has 0 saturated carbocycles. The number of para-hydroxylation sites is 1. The van der Waals surface area contributed by atoms with Crippen molar-refractivity contribution < 1.29 is 5.11 Å². The van der Waals surface area contributed by atoms with Gasteiger partial charge in [-0.3, -0.25) is 0 Å². The summed E-state index contributed by atoms with van der Waals surface area (Å²) in [4.78, 5) is 2.33. The lowest BCUT2D eigenvalue weighted by Crippen LogP contribution is -2.31. The molecule has 1 aromatic carbocycles. The Kier molecular flexibility index (Phi) is 5.06. The summed E-state index contributed by atoms with van der Waals surface area (Å²) in [6.45, 7) is 9.07. The first kappa shape index (κ1) is 15.3. The maximum Gasteiger partial charge on any atom is 0.0810 e. The van der Waals surface area contributed by atoms with Gasteiger partial charge in [-0.25, -0.2) is 0 Å². The molecular formula is C17H28N2O. The van der Waals surface area contributed by atoms with E-state index in [4.69, 9.17) is 0 Å². The minimum atomic E-state index is -0.550. The summed E-state index contributed by atoms with van der Waals surface area (Å²) in [6.07, 6.45) is 3.08. The van der Waals surface area contributed by atoms with Gasteiger partial charge in [-0.2, -0.15) is 0 Å². The normalized spacial score (nSPS) is 24.1. The van der Waals surface area contributed by atoms with Crippen LogP contribution < -0.4 is 10.2 Å². The van der Waals surface area contributed by atoms with Gasteiger partial charge in [-0.1, -0.05) is 32.0 Å². The zero-order chi connectivity index (χ0) is 14.6. The van der Waals surface area contributed by atoms with Crippen LogP contribution >= 0.6 is 0 Å². The average Bonchev–Trinajstić information content (AvgIpc) is 2.80. The highest BCUT2D eigenvalue weighted by atomic mass is 16.3. The van der Waals surface area contributed by atoms with E-state index < -0.39 is 5.60 Å². The van der Waals surface area contributed by atoms with E-state index >= 15 is 0 Å². The van der Waals surface area contributed by atoms with E-state index in [2.05, 4.69) is 48.3 Å². The monoisotopic (exact) mass is 276 g/mol. The number of hydrogen-bond donors (Lipinski definition) is 2. The van der Waals surface area contributed by atoms with Crippen molar-refractivity contribution in [2.24, 2.45) is 0 Å². The molecule has 0 amide bonds. The smallest absolute Gasteiger partial charge is 0.0810 e. The molecule has 1 saturated heterocycles. The van der Waals surface area contributed by atoms with E-state index in [9.17, 15) is 5.11 Å². The van der Waals surface area contributed by atoms with E-state index in [0.717, 1.165) is 38.9 Å². The molecule has 1 fully saturated rings. The molecule has 0 bridgehead atoms. The maximum atomic E-state index is 10.2. The minimum Gasteiger partial charge on any atom is -0.388 e. The molecule has 0 aliphatic carbocycles. The van der Waals surface area contributed by atoms with Crippen LogP contribution in [0.2, 0.25) is 0 Å². The third-order valence-corrected chi connectivity index (χ3v) is 4.15. The molecule has 2 rings (SSSR count). The van der Waals surface area contributed by atoms with E-state index in [1.165, 1.54) is 11.3 Å². The molecule has 112 valence electrons. The number of hydrogen-bond acceptors (Lipinski definition) is 3. The number of β-amino-alcohol motifs (C(OH)–C–C–N with tert-alkyl or cyclic N) is 1. The van der Waals surface area contributed by atoms with Gasteiger partial charge in [0.15, 0.2) is 0 Å². The third kappa shape index (κ3) is 3.53. The van der Waals surface area contributed by atoms with Crippen LogP contribution in [0.15, 0.2) is 24.3 Å². The quantitative estimate of drug-likeness (QED) is 0.838. The Balaban J connectivity index is 2.21. The van der Waals surface area contributed by atoms with Crippen LogP contribution in [-0.4, -0.2) is 30.3 Å². The molecule has 3 heteroatoms. The second-order valence-corrected chi connectivity index (χ2v) is 6.14. The zero-order valence-electron chi connectivity index (χ0n) is 13.0. The summed E-state index contributed by atoms with van der Waals surface area (Å²) in [7, 11) is 0. The van der Waals surface area contributed by atoms with Crippen molar-refractivity contribution in [2.75, 3.05) is 24.5 Å². The largest absolute Gasteiger partial charge is 0.388 e. The SMILES string of the molecule is CCCNC(CC)c1ccccc1N1CCC(C)(O)C1. The van der Waals surface area contributed by atoms with Crippen LogP contribution in [0.1, 0.15) is 51.6 Å². The third-order valence-electron chi connectivity index (χ3n) is 4.15.